The minimum atomic E-state index is -0.145. The van der Waals surface area contributed by atoms with Crippen LogP contribution < -0.4 is 10.6 Å². The Balaban J connectivity index is 1.61. The Morgan fingerprint density at radius 1 is 1.25 bits per heavy atom. The number of carbonyl (C=O) groups is 1. The fraction of sp³-hybridized carbons (Fsp3) is 0.438. The van der Waals surface area contributed by atoms with Crippen molar-refractivity contribution < 1.29 is 4.79 Å². The van der Waals surface area contributed by atoms with E-state index in [1.807, 2.05) is 24.3 Å². The molecule has 0 aliphatic heterocycles. The van der Waals surface area contributed by atoms with Crippen molar-refractivity contribution in [1.29, 1.82) is 0 Å². The molecule has 0 saturated heterocycles. The van der Waals surface area contributed by atoms with Crippen LogP contribution in [0.4, 0.5) is 4.79 Å². The van der Waals surface area contributed by atoms with Gasteiger partial charge >= 0.3 is 6.03 Å². The number of benzene rings is 1. The fourth-order valence-corrected chi connectivity index (χ4v) is 2.56. The van der Waals surface area contributed by atoms with Gasteiger partial charge in [0, 0.05) is 17.8 Å². The van der Waals surface area contributed by atoms with Gasteiger partial charge in [-0.05, 0) is 42.9 Å². The lowest BCUT2D eigenvalue weighted by molar-refractivity contribution is 0.244. The van der Waals surface area contributed by atoms with Crippen LogP contribution in [0.3, 0.4) is 0 Å². The molecule has 0 spiro atoms. The van der Waals surface area contributed by atoms with E-state index in [1.54, 1.807) is 6.20 Å². The fourth-order valence-electron chi connectivity index (χ4n) is 2.43. The highest BCUT2D eigenvalue weighted by Gasteiger charge is 2.11. The largest absolute Gasteiger partial charge is 0.338 e. The molecule has 1 aliphatic carbocycles. The smallest absolute Gasteiger partial charge is 0.318 e. The molecule has 1 aliphatic rings. The molecule has 0 heterocycles. The molecule has 2 amide bonds. The topological polar surface area (TPSA) is 41.1 Å². The van der Waals surface area contributed by atoms with Crippen molar-refractivity contribution in [1.82, 2.24) is 10.6 Å². The van der Waals surface area contributed by atoms with Crippen molar-refractivity contribution in [2.45, 2.75) is 32.1 Å². The number of amides is 2. The first-order chi connectivity index (χ1) is 9.74. The maximum Gasteiger partial charge on any atom is 0.318 e. The summed E-state index contributed by atoms with van der Waals surface area (Å²) in [5.41, 5.74) is 1.16. The summed E-state index contributed by atoms with van der Waals surface area (Å²) in [6.45, 7) is 0.616. The number of urea groups is 1. The summed E-state index contributed by atoms with van der Waals surface area (Å²) in [7, 11) is 0. The Kier molecular flexibility index (Phi) is 5.93. The number of hydrogen-bond acceptors (Lipinski definition) is 1. The molecular weight excluding hydrogens is 272 g/mol. The Morgan fingerprint density at radius 3 is 2.65 bits per heavy atom. The van der Waals surface area contributed by atoms with Crippen LogP contribution in [0.5, 0.6) is 0 Å². The van der Waals surface area contributed by atoms with E-state index in [2.05, 4.69) is 16.7 Å². The number of hydrogen-bond donors (Lipinski definition) is 2. The molecular formula is C16H21ClN2O. The van der Waals surface area contributed by atoms with Crippen LogP contribution in [0.1, 0.15) is 31.2 Å². The lowest BCUT2D eigenvalue weighted by atomic mass is 10.1. The third kappa shape index (κ3) is 5.25. The molecule has 2 rings (SSSR count). The lowest BCUT2D eigenvalue weighted by Gasteiger charge is -2.06. The molecule has 1 aromatic carbocycles. The summed E-state index contributed by atoms with van der Waals surface area (Å²) >= 11 is 5.82. The van der Waals surface area contributed by atoms with Crippen molar-refractivity contribution in [3.8, 4) is 0 Å². The van der Waals surface area contributed by atoms with Gasteiger partial charge in [-0.2, -0.15) is 0 Å². The molecule has 0 radical (unpaired) electrons. The summed E-state index contributed by atoms with van der Waals surface area (Å²) in [6, 6.07) is 7.53. The van der Waals surface area contributed by atoms with Gasteiger partial charge < -0.3 is 10.6 Å². The molecule has 108 valence electrons. The highest BCUT2D eigenvalue weighted by molar-refractivity contribution is 6.30. The average Bonchev–Trinajstić information content (AvgIpc) is 2.94. The van der Waals surface area contributed by atoms with Gasteiger partial charge in [0.15, 0.2) is 0 Å². The van der Waals surface area contributed by atoms with Gasteiger partial charge in [-0.1, -0.05) is 42.7 Å². The second kappa shape index (κ2) is 7.95. The van der Waals surface area contributed by atoms with Crippen molar-refractivity contribution in [3.63, 3.8) is 0 Å². The first-order valence-corrected chi connectivity index (χ1v) is 7.57. The van der Waals surface area contributed by atoms with Crippen molar-refractivity contribution in [3.05, 3.63) is 47.1 Å². The second-order valence-corrected chi connectivity index (χ2v) is 5.62. The van der Waals surface area contributed by atoms with Crippen LogP contribution in [-0.4, -0.2) is 12.6 Å². The summed E-state index contributed by atoms with van der Waals surface area (Å²) in [5.74, 6) is 0.643. The van der Waals surface area contributed by atoms with Gasteiger partial charge in [0.2, 0.25) is 0 Å². The van der Waals surface area contributed by atoms with Gasteiger partial charge in [-0.25, -0.2) is 4.79 Å². The standard InChI is InChI=1S/C16H21ClN2O/c17-15-7-5-14(6-8-15)10-12-19-16(20)18-11-9-13-3-1-2-4-13/h5-9,11,13H,1-4,10,12H2,(H2,18,19,20)/b11-9+. The summed E-state index contributed by atoms with van der Waals surface area (Å²) in [5, 5.41) is 6.32. The first-order valence-electron chi connectivity index (χ1n) is 7.19. The first kappa shape index (κ1) is 14.9. The van der Waals surface area contributed by atoms with E-state index in [0.29, 0.717) is 12.5 Å². The molecule has 1 fully saturated rings. The number of nitrogens with one attached hydrogen (secondary N) is 2. The van der Waals surface area contributed by atoms with Crippen LogP contribution in [-0.2, 0) is 6.42 Å². The number of rotatable bonds is 5. The lowest BCUT2D eigenvalue weighted by Crippen LogP contribution is -2.33. The zero-order chi connectivity index (χ0) is 14.2. The Labute approximate surface area is 125 Å². The summed E-state index contributed by atoms with van der Waals surface area (Å²) < 4.78 is 0. The quantitative estimate of drug-likeness (QED) is 0.849. The van der Waals surface area contributed by atoms with Crippen molar-refractivity contribution >= 4 is 17.6 Å². The predicted molar refractivity (Wildman–Crippen MR) is 82.8 cm³/mol. The van der Waals surface area contributed by atoms with Crippen LogP contribution in [0.25, 0.3) is 0 Å². The molecule has 1 saturated carbocycles. The monoisotopic (exact) mass is 292 g/mol. The zero-order valence-corrected chi connectivity index (χ0v) is 12.3. The summed E-state index contributed by atoms with van der Waals surface area (Å²) in [4.78, 5) is 11.6. The molecule has 4 heteroatoms. The molecule has 2 N–H and O–H groups in total. The van der Waals surface area contributed by atoms with Crippen LogP contribution in [0.15, 0.2) is 36.5 Å². The molecule has 3 nitrogen and oxygen atoms in total. The summed E-state index contributed by atoms with van der Waals surface area (Å²) in [6.07, 6.45) is 9.79. The molecule has 0 atom stereocenters. The normalized spacial score (nSPS) is 15.7. The number of halogens is 1. The molecule has 1 aromatic rings. The van der Waals surface area contributed by atoms with E-state index in [9.17, 15) is 4.79 Å². The second-order valence-electron chi connectivity index (χ2n) is 5.18. The van der Waals surface area contributed by atoms with Gasteiger partial charge in [-0.15, -0.1) is 0 Å². The third-order valence-corrected chi connectivity index (χ3v) is 3.85. The maximum atomic E-state index is 11.6. The Morgan fingerprint density at radius 2 is 1.95 bits per heavy atom. The average molecular weight is 293 g/mol. The maximum absolute atomic E-state index is 11.6. The van der Waals surface area contributed by atoms with Gasteiger partial charge in [0.05, 0.1) is 0 Å². The number of carbonyl (C=O) groups excluding carboxylic acids is 1. The Hall–Kier alpha value is -1.48. The van der Waals surface area contributed by atoms with Crippen LogP contribution in [0.2, 0.25) is 5.02 Å². The van der Waals surface area contributed by atoms with Gasteiger partial charge in [-0.3, -0.25) is 0 Å². The van der Waals surface area contributed by atoms with Crippen molar-refractivity contribution in [2.24, 2.45) is 5.92 Å². The highest BCUT2D eigenvalue weighted by atomic mass is 35.5. The van der Waals surface area contributed by atoms with E-state index in [0.717, 1.165) is 17.0 Å². The number of allylic oxidation sites excluding steroid dienone is 1. The van der Waals surface area contributed by atoms with Gasteiger partial charge in [0.25, 0.3) is 0 Å². The van der Waals surface area contributed by atoms with E-state index in [-0.39, 0.29) is 6.03 Å². The van der Waals surface area contributed by atoms with Crippen LogP contribution >= 0.6 is 11.6 Å². The Bertz CT molecular complexity index is 450. The molecule has 0 bridgehead atoms. The molecule has 0 unspecified atom stereocenters. The van der Waals surface area contributed by atoms with Crippen molar-refractivity contribution in [2.75, 3.05) is 6.54 Å². The van der Waals surface area contributed by atoms with E-state index < -0.39 is 0 Å². The van der Waals surface area contributed by atoms with E-state index in [1.165, 1.54) is 25.7 Å². The van der Waals surface area contributed by atoms with Gasteiger partial charge in [0.1, 0.15) is 0 Å². The minimum absolute atomic E-state index is 0.145. The molecule has 0 aromatic heterocycles. The third-order valence-electron chi connectivity index (χ3n) is 3.60. The SMILES string of the molecule is O=C(N/C=C/C1CCCC1)NCCc1ccc(Cl)cc1. The zero-order valence-electron chi connectivity index (χ0n) is 11.6. The van der Waals surface area contributed by atoms with E-state index in [4.69, 9.17) is 11.6 Å². The van der Waals surface area contributed by atoms with Crippen LogP contribution in [0, 0.1) is 5.92 Å². The molecule has 20 heavy (non-hydrogen) atoms. The van der Waals surface area contributed by atoms with E-state index >= 15 is 0 Å². The minimum Gasteiger partial charge on any atom is -0.338 e. The predicted octanol–water partition coefficient (Wildman–Crippen LogP) is 3.89. The highest BCUT2D eigenvalue weighted by Crippen LogP contribution is 2.25.